The summed E-state index contributed by atoms with van der Waals surface area (Å²) in [5.41, 5.74) is 2.99. The van der Waals surface area contributed by atoms with Gasteiger partial charge in [-0.2, -0.15) is 0 Å². The van der Waals surface area contributed by atoms with E-state index in [2.05, 4.69) is 34.9 Å². The monoisotopic (exact) mass is 452 g/mol. The first-order valence-corrected chi connectivity index (χ1v) is 12.5. The molecule has 3 rings (SSSR count). The third-order valence-electron chi connectivity index (χ3n) is 4.94. The van der Waals surface area contributed by atoms with Gasteiger partial charge in [0.1, 0.15) is 12.4 Å². The average molecular weight is 453 g/mol. The number of amides is 2. The number of nitrogens with one attached hydrogen (secondary N) is 2. The van der Waals surface area contributed by atoms with Crippen LogP contribution < -0.4 is 15.4 Å². The van der Waals surface area contributed by atoms with Gasteiger partial charge < -0.3 is 15.4 Å². The number of rotatable bonds is 10. The molecule has 2 amide bonds. The fourth-order valence-electron chi connectivity index (χ4n) is 3.38. The van der Waals surface area contributed by atoms with Crippen molar-refractivity contribution in [3.05, 3.63) is 96.1 Å². The quantitative estimate of drug-likeness (QED) is 0.476. The Bertz CT molecular complexity index is 1060. The number of ether oxygens (including phenoxy) is 1. The third-order valence-corrected chi connectivity index (χ3v) is 5.85. The molecule has 0 fully saturated rings. The van der Waals surface area contributed by atoms with Crippen molar-refractivity contribution in [2.75, 3.05) is 30.5 Å². The molecule has 32 heavy (non-hydrogen) atoms. The minimum atomic E-state index is -3.09. The Kier molecular flexibility index (Phi) is 8.27. The van der Waals surface area contributed by atoms with Gasteiger partial charge in [0.15, 0.2) is 9.84 Å². The molecule has 6 nitrogen and oxygen atoms in total. The van der Waals surface area contributed by atoms with E-state index in [1.165, 1.54) is 17.4 Å². The Morgan fingerprint density at radius 1 is 0.906 bits per heavy atom. The van der Waals surface area contributed by atoms with Gasteiger partial charge in [0.2, 0.25) is 0 Å². The summed E-state index contributed by atoms with van der Waals surface area (Å²) in [5, 5.41) is 5.71. The largest absolute Gasteiger partial charge is 0.492 e. The molecule has 0 saturated carbocycles. The lowest BCUT2D eigenvalue weighted by Gasteiger charge is -2.18. The van der Waals surface area contributed by atoms with Gasteiger partial charge in [-0.25, -0.2) is 13.2 Å². The van der Waals surface area contributed by atoms with Crippen LogP contribution in [0.5, 0.6) is 5.75 Å². The first kappa shape index (κ1) is 23.3. The normalized spacial score (nSPS) is 11.2. The molecule has 0 saturated heterocycles. The second-order valence-corrected chi connectivity index (χ2v) is 9.81. The van der Waals surface area contributed by atoms with E-state index in [-0.39, 0.29) is 24.3 Å². The van der Waals surface area contributed by atoms with E-state index < -0.39 is 9.84 Å². The maximum atomic E-state index is 12.4. The van der Waals surface area contributed by atoms with Crippen LogP contribution in [-0.2, 0) is 9.84 Å². The number of hydrogen-bond acceptors (Lipinski definition) is 4. The van der Waals surface area contributed by atoms with Crippen molar-refractivity contribution in [1.29, 1.82) is 0 Å². The van der Waals surface area contributed by atoms with Gasteiger partial charge in [0.05, 0.1) is 5.75 Å². The molecule has 0 heterocycles. The first-order chi connectivity index (χ1) is 15.4. The number of anilines is 1. The summed E-state index contributed by atoms with van der Waals surface area (Å²) in [4.78, 5) is 12.4. The SMILES string of the molecule is CS(=O)(=O)CCOc1cccc(NC(=O)NCCC(c2ccccc2)c2ccccc2)c1. The molecule has 0 spiro atoms. The number of carbonyl (C=O) groups excluding carboxylic acids is 1. The number of sulfone groups is 1. The second-order valence-electron chi connectivity index (χ2n) is 7.55. The van der Waals surface area contributed by atoms with E-state index in [1.807, 2.05) is 36.4 Å². The maximum Gasteiger partial charge on any atom is 0.319 e. The minimum Gasteiger partial charge on any atom is -0.492 e. The van der Waals surface area contributed by atoms with Crippen LogP contribution in [0.3, 0.4) is 0 Å². The summed E-state index contributed by atoms with van der Waals surface area (Å²) in [6.45, 7) is 0.569. The molecule has 2 N–H and O–H groups in total. The topological polar surface area (TPSA) is 84.5 Å². The van der Waals surface area contributed by atoms with Crippen molar-refractivity contribution in [3.8, 4) is 5.75 Å². The van der Waals surface area contributed by atoms with Crippen LogP contribution in [0.1, 0.15) is 23.5 Å². The number of carbonyl (C=O) groups is 1. The molecule has 0 aliphatic rings. The van der Waals surface area contributed by atoms with Crippen molar-refractivity contribution in [3.63, 3.8) is 0 Å². The van der Waals surface area contributed by atoms with Crippen molar-refractivity contribution in [2.45, 2.75) is 12.3 Å². The predicted molar refractivity (Wildman–Crippen MR) is 128 cm³/mol. The highest BCUT2D eigenvalue weighted by Crippen LogP contribution is 2.27. The fraction of sp³-hybridized carbons (Fsp3) is 0.240. The van der Waals surface area contributed by atoms with Gasteiger partial charge in [-0.3, -0.25) is 0 Å². The maximum absolute atomic E-state index is 12.4. The standard InChI is InChI=1S/C25H28N2O4S/c1-32(29,30)18-17-31-23-14-8-13-22(19-23)27-25(28)26-16-15-24(20-9-4-2-5-10-20)21-11-6-3-7-12-21/h2-14,19,24H,15-18H2,1H3,(H2,26,27,28). The van der Waals surface area contributed by atoms with Crippen molar-refractivity contribution >= 4 is 21.6 Å². The lowest BCUT2D eigenvalue weighted by Crippen LogP contribution is -2.30. The zero-order valence-corrected chi connectivity index (χ0v) is 18.8. The van der Waals surface area contributed by atoms with E-state index in [9.17, 15) is 13.2 Å². The van der Waals surface area contributed by atoms with Crippen LogP contribution in [0.15, 0.2) is 84.9 Å². The third kappa shape index (κ3) is 7.74. The molecule has 7 heteroatoms. The Labute approximate surface area is 189 Å². The number of benzene rings is 3. The van der Waals surface area contributed by atoms with Crippen LogP contribution >= 0.6 is 0 Å². The van der Waals surface area contributed by atoms with Crippen molar-refractivity contribution in [1.82, 2.24) is 5.32 Å². The fourth-order valence-corrected chi connectivity index (χ4v) is 3.76. The molecule has 168 valence electrons. The van der Waals surface area contributed by atoms with Crippen LogP contribution in [0, 0.1) is 0 Å². The zero-order chi connectivity index (χ0) is 22.8. The smallest absolute Gasteiger partial charge is 0.319 e. The van der Waals surface area contributed by atoms with E-state index in [1.54, 1.807) is 24.3 Å². The molecule has 0 aliphatic heterocycles. The number of urea groups is 1. The Balaban J connectivity index is 1.53. The summed E-state index contributed by atoms with van der Waals surface area (Å²) in [5.74, 6) is 0.624. The summed E-state index contributed by atoms with van der Waals surface area (Å²) in [6.07, 6.45) is 1.93. The highest BCUT2D eigenvalue weighted by Gasteiger charge is 2.14. The Morgan fingerprint density at radius 2 is 1.53 bits per heavy atom. The van der Waals surface area contributed by atoms with E-state index in [0.717, 1.165) is 6.42 Å². The van der Waals surface area contributed by atoms with Gasteiger partial charge >= 0.3 is 6.03 Å². The molecule has 0 unspecified atom stereocenters. The van der Waals surface area contributed by atoms with E-state index >= 15 is 0 Å². The lowest BCUT2D eigenvalue weighted by molar-refractivity contribution is 0.252. The van der Waals surface area contributed by atoms with Crippen molar-refractivity contribution in [2.24, 2.45) is 0 Å². The molecule has 0 atom stereocenters. The van der Waals surface area contributed by atoms with Crippen LogP contribution in [0.25, 0.3) is 0 Å². The van der Waals surface area contributed by atoms with Crippen LogP contribution in [-0.4, -0.2) is 39.6 Å². The van der Waals surface area contributed by atoms with Gasteiger partial charge in [-0.1, -0.05) is 66.7 Å². The molecule has 0 bridgehead atoms. The van der Waals surface area contributed by atoms with Gasteiger partial charge in [-0.15, -0.1) is 0 Å². The molecular weight excluding hydrogens is 424 g/mol. The first-order valence-electron chi connectivity index (χ1n) is 10.5. The zero-order valence-electron chi connectivity index (χ0n) is 18.0. The molecule has 0 radical (unpaired) electrons. The number of hydrogen-bond donors (Lipinski definition) is 2. The van der Waals surface area contributed by atoms with Gasteiger partial charge in [0.25, 0.3) is 0 Å². The highest BCUT2D eigenvalue weighted by atomic mass is 32.2. The highest BCUT2D eigenvalue weighted by molar-refractivity contribution is 7.90. The minimum absolute atomic E-state index is 0.0604. The van der Waals surface area contributed by atoms with Gasteiger partial charge in [0, 0.05) is 30.5 Å². The molecule has 3 aromatic carbocycles. The molecule has 0 aromatic heterocycles. The van der Waals surface area contributed by atoms with E-state index in [4.69, 9.17) is 4.74 Å². The van der Waals surface area contributed by atoms with Crippen molar-refractivity contribution < 1.29 is 17.9 Å². The average Bonchev–Trinajstić information content (AvgIpc) is 2.77. The Morgan fingerprint density at radius 3 is 2.12 bits per heavy atom. The van der Waals surface area contributed by atoms with Crippen LogP contribution in [0.2, 0.25) is 0 Å². The summed E-state index contributed by atoms with van der Waals surface area (Å²) < 4.78 is 27.9. The summed E-state index contributed by atoms with van der Waals surface area (Å²) >= 11 is 0. The summed E-state index contributed by atoms with van der Waals surface area (Å²) in [7, 11) is -3.09. The summed E-state index contributed by atoms with van der Waals surface area (Å²) in [6, 6.07) is 27.1. The molecule has 0 aliphatic carbocycles. The second kappa shape index (κ2) is 11.3. The van der Waals surface area contributed by atoms with Gasteiger partial charge in [-0.05, 0) is 29.7 Å². The van der Waals surface area contributed by atoms with Crippen LogP contribution in [0.4, 0.5) is 10.5 Å². The predicted octanol–water partition coefficient (Wildman–Crippen LogP) is 4.45. The molecule has 3 aromatic rings. The molecular formula is C25H28N2O4S. The Hall–Kier alpha value is -3.32. The lowest BCUT2D eigenvalue weighted by atomic mass is 9.88. The van der Waals surface area contributed by atoms with E-state index in [0.29, 0.717) is 18.0 Å².